The first-order valence-corrected chi connectivity index (χ1v) is 5.03. The Morgan fingerprint density at radius 1 is 1.28 bits per heavy atom. The highest BCUT2D eigenvalue weighted by molar-refractivity contribution is 5.39. The Kier molecular flexibility index (Phi) is 4.55. The molecule has 18 heavy (non-hydrogen) atoms. The van der Waals surface area contributed by atoms with Crippen molar-refractivity contribution in [1.82, 2.24) is 0 Å². The summed E-state index contributed by atoms with van der Waals surface area (Å²) in [7, 11) is 1.22. The fourth-order valence-electron chi connectivity index (χ4n) is 1.47. The van der Waals surface area contributed by atoms with Crippen molar-refractivity contribution in [2.24, 2.45) is 0 Å². The lowest BCUT2D eigenvalue weighted by atomic mass is 9.98. The van der Waals surface area contributed by atoms with E-state index in [9.17, 15) is 23.4 Å². The van der Waals surface area contributed by atoms with Gasteiger partial charge in [-0.3, -0.25) is 0 Å². The maximum Gasteiger partial charge on any atom is 0.416 e. The van der Waals surface area contributed by atoms with Gasteiger partial charge in [0.15, 0.2) is 0 Å². The van der Waals surface area contributed by atoms with Crippen LogP contribution < -0.4 is 4.74 Å². The number of hydrogen-bond donors (Lipinski definition) is 3. The molecule has 0 aliphatic rings. The molecule has 0 aliphatic carbocycles. The van der Waals surface area contributed by atoms with Crippen molar-refractivity contribution in [2.45, 2.75) is 18.4 Å². The second kappa shape index (κ2) is 5.55. The van der Waals surface area contributed by atoms with Crippen LogP contribution in [0.15, 0.2) is 18.2 Å². The normalized spacial score (nSPS) is 15.3. The first-order valence-electron chi connectivity index (χ1n) is 5.03. The fraction of sp³-hybridized carbons (Fsp3) is 0.455. The average molecular weight is 266 g/mol. The first-order chi connectivity index (χ1) is 8.31. The van der Waals surface area contributed by atoms with Crippen LogP contribution in [0.2, 0.25) is 0 Å². The van der Waals surface area contributed by atoms with Crippen LogP contribution in [0.25, 0.3) is 0 Å². The maximum atomic E-state index is 12.8. The van der Waals surface area contributed by atoms with Crippen LogP contribution in [0.4, 0.5) is 13.2 Å². The van der Waals surface area contributed by atoms with Crippen molar-refractivity contribution in [3.63, 3.8) is 0 Å². The van der Waals surface area contributed by atoms with Gasteiger partial charge in [0.1, 0.15) is 18.0 Å². The van der Waals surface area contributed by atoms with Crippen LogP contribution >= 0.6 is 0 Å². The molecule has 1 aromatic rings. The van der Waals surface area contributed by atoms with Gasteiger partial charge in [-0.25, -0.2) is 0 Å². The van der Waals surface area contributed by atoms with E-state index in [4.69, 9.17) is 5.11 Å². The molecule has 0 aliphatic heterocycles. The standard InChI is InChI=1S/C11H13F3O4/c1-18-6-2-3-7(10(17)9(16)5-15)8(4-6)11(12,13)14/h2-4,9-10,15-17H,5H2,1H3. The number of alkyl halides is 3. The maximum absolute atomic E-state index is 12.8. The van der Waals surface area contributed by atoms with Crippen molar-refractivity contribution in [1.29, 1.82) is 0 Å². The zero-order chi connectivity index (χ0) is 13.9. The van der Waals surface area contributed by atoms with E-state index in [1.807, 2.05) is 0 Å². The van der Waals surface area contributed by atoms with E-state index in [2.05, 4.69) is 4.74 Å². The van der Waals surface area contributed by atoms with Gasteiger partial charge in [-0.1, -0.05) is 6.07 Å². The summed E-state index contributed by atoms with van der Waals surface area (Å²) in [5, 5.41) is 27.4. The second-order valence-electron chi connectivity index (χ2n) is 3.65. The van der Waals surface area contributed by atoms with Crippen molar-refractivity contribution >= 4 is 0 Å². The Morgan fingerprint density at radius 3 is 2.33 bits per heavy atom. The van der Waals surface area contributed by atoms with Crippen molar-refractivity contribution in [2.75, 3.05) is 13.7 Å². The largest absolute Gasteiger partial charge is 0.497 e. The highest BCUT2D eigenvalue weighted by Gasteiger charge is 2.36. The summed E-state index contributed by atoms with van der Waals surface area (Å²) in [4.78, 5) is 0. The van der Waals surface area contributed by atoms with Gasteiger partial charge in [0.05, 0.1) is 19.3 Å². The summed E-state index contributed by atoms with van der Waals surface area (Å²) in [5.74, 6) is -0.0169. The topological polar surface area (TPSA) is 69.9 Å². The highest BCUT2D eigenvalue weighted by Crippen LogP contribution is 2.37. The molecule has 2 atom stereocenters. The molecule has 0 amide bonds. The van der Waals surface area contributed by atoms with E-state index in [0.717, 1.165) is 12.1 Å². The molecule has 7 heteroatoms. The smallest absolute Gasteiger partial charge is 0.416 e. The molecule has 0 heterocycles. The summed E-state index contributed by atoms with van der Waals surface area (Å²) in [6.07, 6.45) is -8.20. The molecule has 1 rings (SSSR count). The molecule has 0 radical (unpaired) electrons. The van der Waals surface area contributed by atoms with Gasteiger partial charge in [-0.2, -0.15) is 13.2 Å². The lowest BCUT2D eigenvalue weighted by Gasteiger charge is -2.21. The number of ether oxygens (including phenoxy) is 1. The van der Waals surface area contributed by atoms with Crippen LogP contribution in [-0.2, 0) is 6.18 Å². The van der Waals surface area contributed by atoms with E-state index < -0.39 is 36.1 Å². The molecule has 0 aromatic heterocycles. The number of halogens is 3. The summed E-state index contributed by atoms with van der Waals surface area (Å²) < 4.78 is 43.0. The molecule has 102 valence electrons. The number of aliphatic hydroxyl groups is 3. The van der Waals surface area contributed by atoms with Gasteiger partial charge in [-0.15, -0.1) is 0 Å². The van der Waals surface area contributed by atoms with Crippen LogP contribution in [0.1, 0.15) is 17.2 Å². The third-order valence-electron chi connectivity index (χ3n) is 2.44. The lowest BCUT2D eigenvalue weighted by molar-refractivity contribution is -0.140. The van der Waals surface area contributed by atoms with E-state index in [1.54, 1.807) is 0 Å². The van der Waals surface area contributed by atoms with Crippen molar-refractivity contribution in [3.05, 3.63) is 29.3 Å². The minimum absolute atomic E-state index is 0.0169. The summed E-state index contributed by atoms with van der Waals surface area (Å²) in [6.45, 7) is -0.843. The number of rotatable bonds is 4. The van der Waals surface area contributed by atoms with Crippen molar-refractivity contribution < 1.29 is 33.2 Å². The first kappa shape index (κ1) is 14.7. The predicted molar refractivity (Wildman–Crippen MR) is 56.0 cm³/mol. The van der Waals surface area contributed by atoms with Crippen LogP contribution in [0, 0.1) is 0 Å². The van der Waals surface area contributed by atoms with Crippen LogP contribution in [0.5, 0.6) is 5.75 Å². The minimum Gasteiger partial charge on any atom is -0.497 e. The van der Waals surface area contributed by atoms with Crippen molar-refractivity contribution in [3.8, 4) is 5.75 Å². The third kappa shape index (κ3) is 3.12. The zero-order valence-electron chi connectivity index (χ0n) is 9.48. The Balaban J connectivity index is 3.26. The lowest BCUT2D eigenvalue weighted by Crippen LogP contribution is -2.24. The zero-order valence-corrected chi connectivity index (χ0v) is 9.48. The Hall–Kier alpha value is -1.31. The molecule has 4 nitrogen and oxygen atoms in total. The summed E-state index contributed by atoms with van der Waals surface area (Å²) >= 11 is 0. The fourth-order valence-corrected chi connectivity index (χ4v) is 1.47. The van der Waals surface area contributed by atoms with Gasteiger partial charge in [-0.05, 0) is 17.7 Å². The van der Waals surface area contributed by atoms with E-state index in [-0.39, 0.29) is 5.75 Å². The summed E-state index contributed by atoms with van der Waals surface area (Å²) in [5.41, 5.74) is -1.62. The van der Waals surface area contributed by atoms with Gasteiger partial charge in [0, 0.05) is 0 Å². The predicted octanol–water partition coefficient (Wildman–Crippen LogP) is 1.10. The monoisotopic (exact) mass is 266 g/mol. The molecule has 1 aromatic carbocycles. The minimum atomic E-state index is -4.69. The van der Waals surface area contributed by atoms with Gasteiger partial charge in [0.25, 0.3) is 0 Å². The molecule has 0 saturated heterocycles. The average Bonchev–Trinajstić information content (AvgIpc) is 2.35. The molecular formula is C11H13F3O4. The molecule has 0 fully saturated rings. The van der Waals surface area contributed by atoms with Gasteiger partial charge in [0.2, 0.25) is 0 Å². The van der Waals surface area contributed by atoms with Gasteiger partial charge >= 0.3 is 6.18 Å². The van der Waals surface area contributed by atoms with E-state index in [1.165, 1.54) is 13.2 Å². The molecule has 2 unspecified atom stereocenters. The van der Waals surface area contributed by atoms with Crippen LogP contribution in [-0.4, -0.2) is 35.1 Å². The van der Waals surface area contributed by atoms with Gasteiger partial charge < -0.3 is 20.1 Å². The molecular weight excluding hydrogens is 253 g/mol. The Labute approximate surface area is 101 Å². The Morgan fingerprint density at radius 2 is 1.89 bits per heavy atom. The SMILES string of the molecule is COc1ccc(C(O)C(O)CO)c(C(F)(F)F)c1. The molecule has 0 bridgehead atoms. The van der Waals surface area contributed by atoms with Crippen LogP contribution in [0.3, 0.4) is 0 Å². The summed E-state index contributed by atoms with van der Waals surface area (Å²) in [6, 6.07) is 2.96. The number of aliphatic hydroxyl groups excluding tert-OH is 3. The number of benzene rings is 1. The van der Waals surface area contributed by atoms with E-state index in [0.29, 0.717) is 0 Å². The second-order valence-corrected chi connectivity index (χ2v) is 3.65. The molecule has 3 N–H and O–H groups in total. The van der Waals surface area contributed by atoms with E-state index >= 15 is 0 Å². The molecule has 0 spiro atoms. The highest BCUT2D eigenvalue weighted by atomic mass is 19.4. The Bertz CT molecular complexity index is 406. The number of hydrogen-bond acceptors (Lipinski definition) is 4. The number of methoxy groups -OCH3 is 1. The quantitative estimate of drug-likeness (QED) is 0.763. The molecule has 0 saturated carbocycles. The third-order valence-corrected chi connectivity index (χ3v) is 2.44.